The summed E-state index contributed by atoms with van der Waals surface area (Å²) in [4.78, 5) is 24.5. The molecule has 2 aliphatic carbocycles. The van der Waals surface area contributed by atoms with E-state index in [0.29, 0.717) is 6.42 Å². The number of ether oxygens (including phenoxy) is 2. The average Bonchev–Trinajstić information content (AvgIpc) is 2.87. The SMILES string of the molecule is C=CC12Cc3cc(OC)ccc3C1=CC(=O)C(C(=O)OCC)C2. The number of fused-ring (bicyclic) bond motifs is 3. The minimum atomic E-state index is -0.743. The van der Waals surface area contributed by atoms with Crippen LogP contribution in [0.2, 0.25) is 0 Å². The van der Waals surface area contributed by atoms with E-state index < -0.39 is 11.9 Å². The minimum Gasteiger partial charge on any atom is -0.497 e. The van der Waals surface area contributed by atoms with Crippen molar-refractivity contribution >= 4 is 17.3 Å². The second-order valence-electron chi connectivity index (χ2n) is 6.03. The summed E-state index contributed by atoms with van der Waals surface area (Å²) in [5.41, 5.74) is 2.73. The fraction of sp³-hybridized carbons (Fsp3) is 0.368. The molecule has 0 N–H and O–H groups in total. The van der Waals surface area contributed by atoms with Crippen LogP contribution in [0.15, 0.2) is 36.9 Å². The van der Waals surface area contributed by atoms with Crippen LogP contribution in [0.5, 0.6) is 5.75 Å². The predicted octanol–water partition coefficient (Wildman–Crippen LogP) is 2.96. The van der Waals surface area contributed by atoms with Gasteiger partial charge in [0.25, 0.3) is 0 Å². The zero-order chi connectivity index (χ0) is 16.6. The lowest BCUT2D eigenvalue weighted by Gasteiger charge is -2.33. The first-order chi connectivity index (χ1) is 11.0. The maximum absolute atomic E-state index is 12.4. The highest BCUT2D eigenvalue weighted by Gasteiger charge is 2.48. The molecule has 0 bridgehead atoms. The van der Waals surface area contributed by atoms with E-state index in [1.54, 1.807) is 20.1 Å². The number of allylic oxidation sites excluding steroid dienone is 3. The Kier molecular flexibility index (Phi) is 3.84. The second-order valence-corrected chi connectivity index (χ2v) is 6.03. The van der Waals surface area contributed by atoms with Crippen LogP contribution in [-0.2, 0) is 20.7 Å². The van der Waals surface area contributed by atoms with Crippen molar-refractivity contribution in [2.45, 2.75) is 19.8 Å². The number of rotatable bonds is 4. The van der Waals surface area contributed by atoms with Gasteiger partial charge in [-0.2, -0.15) is 0 Å². The van der Waals surface area contributed by atoms with Gasteiger partial charge in [-0.3, -0.25) is 9.59 Å². The van der Waals surface area contributed by atoms with Gasteiger partial charge in [-0.05, 0) is 54.7 Å². The van der Waals surface area contributed by atoms with Crippen molar-refractivity contribution in [3.05, 3.63) is 48.1 Å². The molecule has 1 aromatic carbocycles. The molecule has 2 unspecified atom stereocenters. The van der Waals surface area contributed by atoms with Crippen LogP contribution in [-0.4, -0.2) is 25.5 Å². The van der Waals surface area contributed by atoms with E-state index in [1.165, 1.54) is 0 Å². The van der Waals surface area contributed by atoms with Gasteiger partial charge in [-0.1, -0.05) is 12.1 Å². The summed E-state index contributed by atoms with van der Waals surface area (Å²) in [6.45, 7) is 5.99. The summed E-state index contributed by atoms with van der Waals surface area (Å²) in [6.07, 6.45) is 4.60. The number of methoxy groups -OCH3 is 1. The largest absolute Gasteiger partial charge is 0.497 e. The Hall–Kier alpha value is -2.36. The van der Waals surface area contributed by atoms with Crippen LogP contribution in [0.25, 0.3) is 5.57 Å². The van der Waals surface area contributed by atoms with Gasteiger partial charge < -0.3 is 9.47 Å². The fourth-order valence-corrected chi connectivity index (χ4v) is 3.63. The second kappa shape index (κ2) is 5.69. The Morgan fingerprint density at radius 3 is 2.91 bits per heavy atom. The standard InChI is InChI=1S/C19H20O4/c1-4-19-10-12-8-13(22-3)6-7-14(12)16(19)9-17(20)15(11-19)18(21)23-5-2/h4,6-9,15H,1,5,10-11H2,2-3H3. The summed E-state index contributed by atoms with van der Waals surface area (Å²) in [7, 11) is 1.63. The Balaban J connectivity index is 2.03. The van der Waals surface area contributed by atoms with Gasteiger partial charge in [0, 0.05) is 5.41 Å². The monoisotopic (exact) mass is 312 g/mol. The Bertz CT molecular complexity index is 716. The van der Waals surface area contributed by atoms with Crippen LogP contribution in [0.3, 0.4) is 0 Å². The molecular formula is C19H20O4. The van der Waals surface area contributed by atoms with Gasteiger partial charge in [0.15, 0.2) is 5.78 Å². The third-order valence-corrected chi connectivity index (χ3v) is 4.81. The van der Waals surface area contributed by atoms with E-state index in [4.69, 9.17) is 9.47 Å². The molecule has 2 aliphatic rings. The minimum absolute atomic E-state index is 0.181. The highest BCUT2D eigenvalue weighted by atomic mass is 16.5. The highest BCUT2D eigenvalue weighted by molar-refractivity contribution is 6.11. The third-order valence-electron chi connectivity index (χ3n) is 4.81. The van der Waals surface area contributed by atoms with Crippen molar-refractivity contribution in [1.29, 1.82) is 0 Å². The summed E-state index contributed by atoms with van der Waals surface area (Å²) < 4.78 is 10.3. The van der Waals surface area contributed by atoms with Crippen molar-refractivity contribution in [2.75, 3.05) is 13.7 Å². The normalized spacial score (nSPS) is 25.2. The summed E-state index contributed by atoms with van der Waals surface area (Å²) in [5.74, 6) is -0.578. The molecule has 0 fully saturated rings. The Labute approximate surface area is 135 Å². The predicted molar refractivity (Wildman–Crippen MR) is 87.1 cm³/mol. The van der Waals surface area contributed by atoms with Crippen molar-refractivity contribution in [1.82, 2.24) is 0 Å². The summed E-state index contributed by atoms with van der Waals surface area (Å²) >= 11 is 0. The van der Waals surface area contributed by atoms with Gasteiger partial charge in [0.1, 0.15) is 11.7 Å². The number of esters is 1. The van der Waals surface area contributed by atoms with Crippen LogP contribution in [0.4, 0.5) is 0 Å². The first kappa shape index (κ1) is 15.5. The molecule has 4 nitrogen and oxygen atoms in total. The zero-order valence-electron chi connectivity index (χ0n) is 13.4. The van der Waals surface area contributed by atoms with Gasteiger partial charge >= 0.3 is 5.97 Å². The number of hydrogen-bond acceptors (Lipinski definition) is 4. The summed E-state index contributed by atoms with van der Waals surface area (Å²) in [6, 6.07) is 5.85. The summed E-state index contributed by atoms with van der Waals surface area (Å²) in [5, 5.41) is 0. The van der Waals surface area contributed by atoms with E-state index in [1.807, 2.05) is 24.3 Å². The van der Waals surface area contributed by atoms with Crippen LogP contribution < -0.4 is 4.74 Å². The molecule has 0 saturated heterocycles. The smallest absolute Gasteiger partial charge is 0.316 e. The number of benzene rings is 1. The lowest BCUT2D eigenvalue weighted by molar-refractivity contribution is -0.151. The van der Waals surface area contributed by atoms with Gasteiger partial charge in [-0.25, -0.2) is 0 Å². The first-order valence-corrected chi connectivity index (χ1v) is 7.78. The highest BCUT2D eigenvalue weighted by Crippen LogP contribution is 2.54. The van der Waals surface area contributed by atoms with Gasteiger partial charge in [0.2, 0.25) is 0 Å². The molecule has 3 rings (SSSR count). The zero-order valence-corrected chi connectivity index (χ0v) is 13.4. The molecule has 1 aromatic rings. The molecule has 23 heavy (non-hydrogen) atoms. The van der Waals surface area contributed by atoms with Crippen molar-refractivity contribution < 1.29 is 19.1 Å². The molecule has 0 radical (unpaired) electrons. The van der Waals surface area contributed by atoms with E-state index in [0.717, 1.165) is 28.9 Å². The molecule has 0 aromatic heterocycles. The van der Waals surface area contributed by atoms with E-state index in [9.17, 15) is 9.59 Å². The van der Waals surface area contributed by atoms with Crippen molar-refractivity contribution in [3.63, 3.8) is 0 Å². The lowest BCUT2D eigenvalue weighted by Crippen LogP contribution is -2.36. The molecule has 0 aliphatic heterocycles. The Morgan fingerprint density at radius 1 is 1.48 bits per heavy atom. The van der Waals surface area contributed by atoms with Crippen molar-refractivity contribution in [3.8, 4) is 5.75 Å². The Morgan fingerprint density at radius 2 is 2.26 bits per heavy atom. The van der Waals surface area contributed by atoms with Crippen LogP contribution >= 0.6 is 0 Å². The van der Waals surface area contributed by atoms with E-state index >= 15 is 0 Å². The number of hydrogen-bond donors (Lipinski definition) is 0. The molecule has 0 spiro atoms. The van der Waals surface area contributed by atoms with Crippen LogP contribution in [0, 0.1) is 11.3 Å². The van der Waals surface area contributed by atoms with E-state index in [-0.39, 0.29) is 17.8 Å². The maximum atomic E-state index is 12.4. The lowest BCUT2D eigenvalue weighted by atomic mass is 9.68. The molecule has 0 amide bonds. The topological polar surface area (TPSA) is 52.6 Å². The fourth-order valence-electron chi connectivity index (χ4n) is 3.63. The number of carbonyl (C=O) groups is 2. The molecule has 120 valence electrons. The average molecular weight is 312 g/mol. The van der Waals surface area contributed by atoms with Gasteiger partial charge in [-0.15, -0.1) is 6.58 Å². The van der Waals surface area contributed by atoms with E-state index in [2.05, 4.69) is 6.58 Å². The number of ketones is 1. The van der Waals surface area contributed by atoms with Gasteiger partial charge in [0.05, 0.1) is 13.7 Å². The van der Waals surface area contributed by atoms with Crippen molar-refractivity contribution in [2.24, 2.45) is 11.3 Å². The molecule has 4 heteroatoms. The molecule has 0 heterocycles. The first-order valence-electron chi connectivity index (χ1n) is 7.78. The third kappa shape index (κ3) is 2.38. The maximum Gasteiger partial charge on any atom is 0.316 e. The quantitative estimate of drug-likeness (QED) is 0.487. The number of carbonyl (C=O) groups excluding carboxylic acids is 2. The molecule has 2 atom stereocenters. The van der Waals surface area contributed by atoms with Crippen LogP contribution in [0.1, 0.15) is 24.5 Å². The molecular weight excluding hydrogens is 292 g/mol. The molecule has 0 saturated carbocycles.